The summed E-state index contributed by atoms with van der Waals surface area (Å²) >= 11 is 0. The summed E-state index contributed by atoms with van der Waals surface area (Å²) in [4.78, 5) is 16.2. The molecule has 4 N–H and O–H groups in total. The Morgan fingerprint density at radius 2 is 2.10 bits per heavy atom. The number of nitrogen functional groups attached to an aromatic ring is 1. The number of nitrogens with two attached hydrogens (primary N) is 1. The number of hydrogen-bond donors (Lipinski definition) is 3. The number of anilines is 1. The van der Waals surface area contributed by atoms with Gasteiger partial charge in [-0.3, -0.25) is 4.79 Å². The van der Waals surface area contributed by atoms with Gasteiger partial charge in [-0.25, -0.2) is 9.50 Å². The van der Waals surface area contributed by atoms with E-state index >= 15 is 0 Å². The van der Waals surface area contributed by atoms with Crippen LogP contribution in [0.2, 0.25) is 0 Å². The second-order valence-electron chi connectivity index (χ2n) is 8.94. The predicted octanol–water partition coefficient (Wildman–Crippen LogP) is 1.87. The Bertz CT molecular complexity index is 982. The van der Waals surface area contributed by atoms with Crippen molar-refractivity contribution in [3.63, 3.8) is 0 Å². The van der Waals surface area contributed by atoms with Crippen LogP contribution < -0.4 is 5.73 Å². The smallest absolute Gasteiger partial charge is 0.311 e. The number of aromatic nitrogens is 3. The molecular formula is C21H29N5O5. The molecule has 1 unspecified atom stereocenters. The minimum atomic E-state index is -1.50. The quantitative estimate of drug-likeness (QED) is 0.485. The minimum Gasteiger partial charge on any atom is -0.461 e. The van der Waals surface area contributed by atoms with Crippen LogP contribution in [0.15, 0.2) is 18.5 Å². The van der Waals surface area contributed by atoms with Crippen LogP contribution in [0.25, 0.3) is 5.52 Å². The Kier molecular flexibility index (Phi) is 6.23. The van der Waals surface area contributed by atoms with E-state index in [2.05, 4.69) is 16.2 Å². The number of carbonyl (C=O) groups excluding carboxylic acids is 1. The fraction of sp³-hybridized carbons (Fsp3) is 0.619. The fourth-order valence-corrected chi connectivity index (χ4v) is 3.67. The lowest BCUT2D eigenvalue weighted by molar-refractivity contribution is -0.167. The average molecular weight is 431 g/mol. The summed E-state index contributed by atoms with van der Waals surface area (Å²) < 4.78 is 13.2. The second kappa shape index (κ2) is 8.42. The number of ether oxygens (including phenoxy) is 2. The lowest BCUT2D eigenvalue weighted by Gasteiger charge is -2.36. The first-order valence-electron chi connectivity index (χ1n) is 10.3. The molecule has 2 atom stereocenters. The van der Waals surface area contributed by atoms with Gasteiger partial charge in [-0.2, -0.15) is 10.4 Å². The molecule has 4 rings (SSSR count). The molecule has 168 valence electrons. The van der Waals surface area contributed by atoms with Crippen molar-refractivity contribution < 1.29 is 24.5 Å². The van der Waals surface area contributed by atoms with E-state index in [1.165, 1.54) is 20.2 Å². The number of fused-ring (bicyclic) bond motifs is 1. The molecule has 1 saturated carbocycles. The third-order valence-electron chi connectivity index (χ3n) is 5.61. The predicted molar refractivity (Wildman–Crippen MR) is 110 cm³/mol. The molecule has 0 radical (unpaired) electrons. The molecule has 1 aliphatic carbocycles. The largest absolute Gasteiger partial charge is 0.461 e. The van der Waals surface area contributed by atoms with E-state index in [4.69, 9.17) is 25.4 Å². The van der Waals surface area contributed by atoms with Gasteiger partial charge in [0.15, 0.2) is 17.2 Å². The third kappa shape index (κ3) is 5.12. The summed E-state index contributed by atoms with van der Waals surface area (Å²) in [5.41, 5.74) is 5.85. The molecule has 0 amide bonds. The van der Waals surface area contributed by atoms with Crippen LogP contribution in [0.4, 0.5) is 5.82 Å². The van der Waals surface area contributed by atoms with Crippen LogP contribution in [0.1, 0.15) is 64.7 Å². The topological polar surface area (TPSA) is 156 Å². The Labute approximate surface area is 180 Å². The second-order valence-corrected chi connectivity index (χ2v) is 8.94. The van der Waals surface area contributed by atoms with Crippen LogP contribution in [-0.4, -0.2) is 48.8 Å². The molecule has 0 spiro atoms. The highest BCUT2D eigenvalue weighted by Crippen LogP contribution is 2.43. The van der Waals surface area contributed by atoms with Crippen molar-refractivity contribution in [1.82, 2.24) is 14.6 Å². The highest BCUT2D eigenvalue weighted by atomic mass is 16.6. The van der Waals surface area contributed by atoms with Gasteiger partial charge in [0.2, 0.25) is 0 Å². The Morgan fingerprint density at radius 1 is 1.42 bits per heavy atom. The number of rotatable bonds is 4. The van der Waals surface area contributed by atoms with Gasteiger partial charge in [-0.05, 0) is 58.6 Å². The maximum Gasteiger partial charge on any atom is 0.311 e. The van der Waals surface area contributed by atoms with Gasteiger partial charge >= 0.3 is 5.97 Å². The van der Waals surface area contributed by atoms with E-state index in [0.717, 1.165) is 25.0 Å². The van der Waals surface area contributed by atoms with Gasteiger partial charge in [0.05, 0.1) is 11.1 Å². The molecule has 2 aromatic heterocycles. The highest BCUT2D eigenvalue weighted by molar-refractivity contribution is 5.77. The fourth-order valence-electron chi connectivity index (χ4n) is 3.67. The Hall–Kier alpha value is -2.74. The van der Waals surface area contributed by atoms with Gasteiger partial charge in [-0.1, -0.05) is 6.42 Å². The van der Waals surface area contributed by atoms with Crippen molar-refractivity contribution >= 4 is 17.3 Å². The number of hydrogen-bond acceptors (Lipinski definition) is 9. The summed E-state index contributed by atoms with van der Waals surface area (Å²) in [5, 5.41) is 30.0. The third-order valence-corrected chi connectivity index (χ3v) is 5.61. The first kappa shape index (κ1) is 22.9. The van der Waals surface area contributed by atoms with E-state index in [1.54, 1.807) is 4.52 Å². The Morgan fingerprint density at radius 3 is 2.68 bits per heavy atom. The molecule has 0 aromatic carbocycles. The van der Waals surface area contributed by atoms with Gasteiger partial charge < -0.3 is 25.4 Å². The Balaban J connectivity index is 0.000000491. The SMILES string of the molecule is CC(C)(O)O.CC1(C(=O)OC[C@]2(C#N)CCC(c3ccc4c(N)ncnn34)O2)CCC1. The van der Waals surface area contributed by atoms with Crippen LogP contribution in [-0.2, 0) is 14.3 Å². The molecule has 10 nitrogen and oxygen atoms in total. The first-order chi connectivity index (χ1) is 14.5. The summed E-state index contributed by atoms with van der Waals surface area (Å²) in [5.74, 6) is -1.35. The summed E-state index contributed by atoms with van der Waals surface area (Å²) in [6.45, 7) is 4.46. The number of esters is 1. The molecule has 3 heterocycles. The standard InChI is InChI=1S/C18H21N5O3.C3H8O2/c1-17(6-2-7-17)16(24)25-10-18(9-19)8-5-14(26-18)12-3-4-13-15(20)21-11-22-23(12)13;1-3(2,4)5/h3-4,11,14H,2,5-8,10H2,1H3,(H2,20,21,22);4-5H,1-2H3/t14?,18-;/m1./s1. The van der Waals surface area contributed by atoms with E-state index in [1.807, 2.05) is 19.1 Å². The number of carbonyl (C=O) groups is 1. The summed E-state index contributed by atoms with van der Waals surface area (Å²) in [7, 11) is 0. The van der Waals surface area contributed by atoms with Gasteiger partial charge in [0, 0.05) is 0 Å². The molecule has 0 bridgehead atoms. The molecule has 31 heavy (non-hydrogen) atoms. The zero-order chi connectivity index (χ0) is 22.9. The van der Waals surface area contributed by atoms with E-state index in [-0.39, 0.29) is 18.7 Å². The summed E-state index contributed by atoms with van der Waals surface area (Å²) in [6.07, 6.45) is 4.92. The van der Waals surface area contributed by atoms with Crippen LogP contribution in [0.3, 0.4) is 0 Å². The molecule has 2 fully saturated rings. The molecule has 1 aliphatic heterocycles. The average Bonchev–Trinajstić information content (AvgIpc) is 3.28. The minimum absolute atomic E-state index is 0.0468. The molecule has 2 aromatic rings. The van der Waals surface area contributed by atoms with Crippen LogP contribution >= 0.6 is 0 Å². The maximum atomic E-state index is 12.3. The van der Waals surface area contributed by atoms with Crippen molar-refractivity contribution in [2.45, 2.75) is 70.4 Å². The van der Waals surface area contributed by atoms with Crippen molar-refractivity contribution in [1.29, 1.82) is 5.26 Å². The molecule has 2 aliphatic rings. The zero-order valence-electron chi connectivity index (χ0n) is 18.0. The molecular weight excluding hydrogens is 402 g/mol. The summed E-state index contributed by atoms with van der Waals surface area (Å²) in [6, 6.07) is 5.91. The molecule has 1 saturated heterocycles. The van der Waals surface area contributed by atoms with Crippen LogP contribution in [0.5, 0.6) is 0 Å². The number of nitrogens with zero attached hydrogens (tertiary/aromatic N) is 4. The first-order valence-corrected chi connectivity index (χ1v) is 10.3. The van der Waals surface area contributed by atoms with Gasteiger partial charge in [0.25, 0.3) is 0 Å². The van der Waals surface area contributed by atoms with E-state index in [9.17, 15) is 10.1 Å². The van der Waals surface area contributed by atoms with Crippen molar-refractivity contribution in [2.75, 3.05) is 12.3 Å². The zero-order valence-corrected chi connectivity index (χ0v) is 18.0. The lowest BCUT2D eigenvalue weighted by atomic mass is 9.70. The highest BCUT2D eigenvalue weighted by Gasteiger charge is 2.46. The maximum absolute atomic E-state index is 12.3. The van der Waals surface area contributed by atoms with Crippen molar-refractivity contribution in [3.05, 3.63) is 24.2 Å². The number of aliphatic hydroxyl groups is 2. The van der Waals surface area contributed by atoms with Crippen molar-refractivity contribution in [3.8, 4) is 6.07 Å². The van der Waals surface area contributed by atoms with E-state index in [0.29, 0.717) is 24.2 Å². The van der Waals surface area contributed by atoms with Crippen molar-refractivity contribution in [2.24, 2.45) is 5.41 Å². The van der Waals surface area contributed by atoms with Gasteiger partial charge in [-0.15, -0.1) is 0 Å². The van der Waals surface area contributed by atoms with Gasteiger partial charge in [0.1, 0.15) is 30.6 Å². The normalized spacial score (nSPS) is 24.6. The van der Waals surface area contributed by atoms with E-state index < -0.39 is 16.8 Å². The molecule has 10 heteroatoms. The number of nitriles is 1. The lowest BCUT2D eigenvalue weighted by Crippen LogP contribution is -2.40. The monoisotopic (exact) mass is 431 g/mol. The van der Waals surface area contributed by atoms with Crippen LogP contribution in [0, 0.1) is 16.7 Å².